The van der Waals surface area contributed by atoms with Gasteiger partial charge in [0.2, 0.25) is 0 Å². The van der Waals surface area contributed by atoms with Crippen LogP contribution in [0.3, 0.4) is 0 Å². The first-order valence-electron chi connectivity index (χ1n) is 5.88. The van der Waals surface area contributed by atoms with E-state index in [1.54, 1.807) is 13.0 Å². The zero-order valence-corrected chi connectivity index (χ0v) is 9.63. The van der Waals surface area contributed by atoms with Crippen molar-refractivity contribution in [2.75, 3.05) is 13.2 Å². The average molecular weight is 223 g/mol. The topological polar surface area (TPSA) is 21.3 Å². The van der Waals surface area contributed by atoms with E-state index in [0.29, 0.717) is 24.0 Å². The molecule has 1 unspecified atom stereocenters. The van der Waals surface area contributed by atoms with Gasteiger partial charge in [-0.3, -0.25) is 0 Å². The van der Waals surface area contributed by atoms with E-state index in [2.05, 4.69) is 5.32 Å². The quantitative estimate of drug-likeness (QED) is 0.850. The summed E-state index contributed by atoms with van der Waals surface area (Å²) in [4.78, 5) is 0. The molecule has 1 heterocycles. The van der Waals surface area contributed by atoms with E-state index in [9.17, 15) is 4.39 Å². The molecule has 1 aliphatic heterocycles. The highest BCUT2D eigenvalue weighted by atomic mass is 19.1. The van der Waals surface area contributed by atoms with Gasteiger partial charge in [0.15, 0.2) is 0 Å². The van der Waals surface area contributed by atoms with Crippen LogP contribution in [0.25, 0.3) is 0 Å². The van der Waals surface area contributed by atoms with Gasteiger partial charge in [0, 0.05) is 12.1 Å². The molecule has 1 aliphatic rings. The number of nitrogens with one attached hydrogen (secondary N) is 1. The number of benzene rings is 1. The fraction of sp³-hybridized carbons (Fsp3) is 0.538. The van der Waals surface area contributed by atoms with E-state index >= 15 is 0 Å². The number of hydrogen-bond donors (Lipinski definition) is 1. The molecule has 0 radical (unpaired) electrons. The molecule has 0 bridgehead atoms. The first-order valence-corrected chi connectivity index (χ1v) is 5.88. The summed E-state index contributed by atoms with van der Waals surface area (Å²) in [7, 11) is 0. The summed E-state index contributed by atoms with van der Waals surface area (Å²) < 4.78 is 18.8. The van der Waals surface area contributed by atoms with Crippen LogP contribution in [0.5, 0.6) is 5.75 Å². The van der Waals surface area contributed by atoms with Crippen molar-refractivity contribution in [2.24, 2.45) is 0 Å². The largest absolute Gasteiger partial charge is 0.492 e. The number of piperidine rings is 1. The van der Waals surface area contributed by atoms with Gasteiger partial charge in [-0.05, 0) is 37.9 Å². The number of ether oxygens (including phenoxy) is 1. The minimum atomic E-state index is -0.200. The summed E-state index contributed by atoms with van der Waals surface area (Å²) in [5.41, 5.74) is 0.656. The van der Waals surface area contributed by atoms with Crippen LogP contribution in [-0.4, -0.2) is 19.2 Å². The van der Waals surface area contributed by atoms with E-state index in [4.69, 9.17) is 4.74 Å². The Kier molecular flexibility index (Phi) is 3.78. The van der Waals surface area contributed by atoms with Crippen molar-refractivity contribution in [3.63, 3.8) is 0 Å². The number of rotatable bonds is 3. The molecule has 0 amide bonds. The Balaban J connectivity index is 1.86. The van der Waals surface area contributed by atoms with Gasteiger partial charge in [-0.1, -0.05) is 12.5 Å². The van der Waals surface area contributed by atoms with E-state index < -0.39 is 0 Å². The Morgan fingerprint density at radius 2 is 2.31 bits per heavy atom. The second-order valence-corrected chi connectivity index (χ2v) is 4.37. The summed E-state index contributed by atoms with van der Waals surface area (Å²) in [6.07, 6.45) is 3.65. The first-order chi connectivity index (χ1) is 7.75. The highest BCUT2D eigenvalue weighted by Gasteiger charge is 2.13. The molecule has 1 atom stereocenters. The Hall–Kier alpha value is -1.09. The van der Waals surface area contributed by atoms with Crippen LogP contribution >= 0.6 is 0 Å². The average Bonchev–Trinajstić information content (AvgIpc) is 2.32. The Morgan fingerprint density at radius 3 is 3.00 bits per heavy atom. The van der Waals surface area contributed by atoms with Crippen LogP contribution in [0.15, 0.2) is 18.2 Å². The number of halogens is 1. The SMILES string of the molecule is Cc1ccc(OCC2CCCCN2)cc1F. The summed E-state index contributed by atoms with van der Waals surface area (Å²) >= 11 is 0. The van der Waals surface area contributed by atoms with E-state index in [-0.39, 0.29) is 5.82 Å². The van der Waals surface area contributed by atoms with Gasteiger partial charge in [-0.15, -0.1) is 0 Å². The van der Waals surface area contributed by atoms with Crippen molar-refractivity contribution in [1.29, 1.82) is 0 Å². The van der Waals surface area contributed by atoms with Gasteiger partial charge < -0.3 is 10.1 Å². The second-order valence-electron chi connectivity index (χ2n) is 4.37. The van der Waals surface area contributed by atoms with E-state index in [1.165, 1.54) is 18.9 Å². The van der Waals surface area contributed by atoms with E-state index in [1.807, 2.05) is 6.07 Å². The number of aryl methyl sites for hydroxylation is 1. The molecule has 1 N–H and O–H groups in total. The van der Waals surface area contributed by atoms with Crippen LogP contribution in [0, 0.1) is 12.7 Å². The summed E-state index contributed by atoms with van der Waals surface area (Å²) in [6, 6.07) is 5.44. The lowest BCUT2D eigenvalue weighted by Crippen LogP contribution is -2.38. The maximum atomic E-state index is 13.2. The molecule has 1 fully saturated rings. The zero-order chi connectivity index (χ0) is 11.4. The van der Waals surface area contributed by atoms with Crippen LogP contribution in [0.1, 0.15) is 24.8 Å². The van der Waals surface area contributed by atoms with Gasteiger partial charge in [0.25, 0.3) is 0 Å². The van der Waals surface area contributed by atoms with Crippen LogP contribution in [0.4, 0.5) is 4.39 Å². The van der Waals surface area contributed by atoms with Crippen molar-refractivity contribution in [1.82, 2.24) is 5.32 Å². The smallest absolute Gasteiger partial charge is 0.129 e. The monoisotopic (exact) mass is 223 g/mol. The van der Waals surface area contributed by atoms with Crippen LogP contribution in [-0.2, 0) is 0 Å². The minimum Gasteiger partial charge on any atom is -0.492 e. The van der Waals surface area contributed by atoms with Crippen molar-refractivity contribution in [3.8, 4) is 5.75 Å². The number of hydrogen-bond acceptors (Lipinski definition) is 2. The molecule has 1 aromatic carbocycles. The molecule has 0 saturated carbocycles. The highest BCUT2D eigenvalue weighted by molar-refractivity contribution is 5.28. The van der Waals surface area contributed by atoms with Gasteiger partial charge in [-0.25, -0.2) is 4.39 Å². The van der Waals surface area contributed by atoms with Crippen molar-refractivity contribution < 1.29 is 9.13 Å². The van der Waals surface area contributed by atoms with Crippen molar-refractivity contribution >= 4 is 0 Å². The summed E-state index contributed by atoms with van der Waals surface area (Å²) in [5.74, 6) is 0.421. The maximum absolute atomic E-state index is 13.2. The molecule has 2 rings (SSSR count). The zero-order valence-electron chi connectivity index (χ0n) is 9.63. The molecule has 1 aromatic rings. The predicted octanol–water partition coefficient (Wildman–Crippen LogP) is 2.66. The van der Waals surface area contributed by atoms with Gasteiger partial charge in [0.1, 0.15) is 18.2 Å². The molecule has 0 aromatic heterocycles. The minimum absolute atomic E-state index is 0.200. The molecule has 0 aliphatic carbocycles. The molecule has 3 heteroatoms. The Labute approximate surface area is 95.8 Å². The highest BCUT2D eigenvalue weighted by Crippen LogP contribution is 2.17. The third-order valence-electron chi connectivity index (χ3n) is 3.01. The second kappa shape index (κ2) is 5.30. The molecular formula is C13H18FNO. The molecule has 0 spiro atoms. The standard InChI is InChI=1S/C13H18FNO/c1-10-5-6-12(8-13(10)14)16-9-11-4-2-3-7-15-11/h5-6,8,11,15H,2-4,7,9H2,1H3. The lowest BCUT2D eigenvalue weighted by Gasteiger charge is -2.23. The van der Waals surface area contributed by atoms with Crippen molar-refractivity contribution in [3.05, 3.63) is 29.6 Å². The fourth-order valence-electron chi connectivity index (χ4n) is 1.93. The molecule has 88 valence electrons. The summed E-state index contributed by atoms with van der Waals surface area (Å²) in [6.45, 7) is 3.45. The molecular weight excluding hydrogens is 205 g/mol. The predicted molar refractivity (Wildman–Crippen MR) is 62.3 cm³/mol. The third-order valence-corrected chi connectivity index (χ3v) is 3.01. The lowest BCUT2D eigenvalue weighted by atomic mass is 10.1. The molecule has 2 nitrogen and oxygen atoms in total. The fourth-order valence-corrected chi connectivity index (χ4v) is 1.93. The van der Waals surface area contributed by atoms with Gasteiger partial charge in [0.05, 0.1) is 0 Å². The first kappa shape index (κ1) is 11.4. The van der Waals surface area contributed by atoms with Crippen molar-refractivity contribution in [2.45, 2.75) is 32.2 Å². The molecule has 1 saturated heterocycles. The summed E-state index contributed by atoms with van der Waals surface area (Å²) in [5, 5.41) is 3.40. The van der Waals surface area contributed by atoms with E-state index in [0.717, 1.165) is 13.0 Å². The third kappa shape index (κ3) is 2.95. The maximum Gasteiger partial charge on any atom is 0.129 e. The molecule has 16 heavy (non-hydrogen) atoms. The van der Waals surface area contributed by atoms with Gasteiger partial charge >= 0.3 is 0 Å². The van der Waals surface area contributed by atoms with Gasteiger partial charge in [-0.2, -0.15) is 0 Å². The van der Waals surface area contributed by atoms with Crippen LogP contribution in [0.2, 0.25) is 0 Å². The lowest BCUT2D eigenvalue weighted by molar-refractivity contribution is 0.238. The normalized spacial score (nSPS) is 20.8. The Morgan fingerprint density at radius 1 is 1.44 bits per heavy atom. The van der Waals surface area contributed by atoms with Crippen LogP contribution < -0.4 is 10.1 Å². The Bertz CT molecular complexity index is 348.